The summed E-state index contributed by atoms with van der Waals surface area (Å²) in [5.74, 6) is 0.0374. The van der Waals surface area contributed by atoms with Gasteiger partial charge in [-0.3, -0.25) is 14.6 Å². The lowest BCUT2D eigenvalue weighted by molar-refractivity contribution is -0.143. The van der Waals surface area contributed by atoms with Crippen molar-refractivity contribution < 1.29 is 14.3 Å². The third kappa shape index (κ3) is 3.52. The van der Waals surface area contributed by atoms with Crippen molar-refractivity contribution in [3.8, 4) is 0 Å². The van der Waals surface area contributed by atoms with Crippen LogP contribution in [-0.4, -0.2) is 59.9 Å². The van der Waals surface area contributed by atoms with E-state index in [4.69, 9.17) is 4.74 Å². The largest absolute Gasteiger partial charge is 0.375 e. The van der Waals surface area contributed by atoms with E-state index in [1.54, 1.807) is 11.1 Å². The minimum atomic E-state index is -0.0947. The molecule has 2 amide bonds. The SMILES string of the molecule is COCC(=O)N1CCC[C@H](C(=O)N2CCc3ncccc3C2)C1. The highest BCUT2D eigenvalue weighted by Crippen LogP contribution is 2.23. The minimum Gasteiger partial charge on any atom is -0.375 e. The highest BCUT2D eigenvalue weighted by atomic mass is 16.5. The number of carbonyl (C=O) groups is 2. The number of methoxy groups -OCH3 is 1. The summed E-state index contributed by atoms with van der Waals surface area (Å²) in [7, 11) is 1.52. The fourth-order valence-corrected chi connectivity index (χ4v) is 3.43. The van der Waals surface area contributed by atoms with E-state index in [9.17, 15) is 9.59 Å². The third-order valence-electron chi connectivity index (χ3n) is 4.67. The van der Waals surface area contributed by atoms with Crippen molar-refractivity contribution in [3.63, 3.8) is 0 Å². The van der Waals surface area contributed by atoms with Gasteiger partial charge in [0.25, 0.3) is 0 Å². The molecule has 1 fully saturated rings. The van der Waals surface area contributed by atoms with Gasteiger partial charge in [-0.15, -0.1) is 0 Å². The Morgan fingerprint density at radius 3 is 3.04 bits per heavy atom. The van der Waals surface area contributed by atoms with E-state index in [0.29, 0.717) is 19.6 Å². The summed E-state index contributed by atoms with van der Waals surface area (Å²) in [5, 5.41) is 0. The molecule has 0 N–H and O–H groups in total. The average Bonchev–Trinajstić information content (AvgIpc) is 2.61. The first kappa shape index (κ1) is 15.9. The van der Waals surface area contributed by atoms with Crippen LogP contribution in [0.15, 0.2) is 18.3 Å². The van der Waals surface area contributed by atoms with Crippen molar-refractivity contribution >= 4 is 11.8 Å². The van der Waals surface area contributed by atoms with Crippen LogP contribution in [0.3, 0.4) is 0 Å². The zero-order chi connectivity index (χ0) is 16.2. The van der Waals surface area contributed by atoms with Gasteiger partial charge in [-0.05, 0) is 24.5 Å². The molecule has 3 heterocycles. The van der Waals surface area contributed by atoms with E-state index in [2.05, 4.69) is 4.98 Å². The first-order valence-corrected chi connectivity index (χ1v) is 8.17. The molecular formula is C17H23N3O3. The summed E-state index contributed by atoms with van der Waals surface area (Å²) in [6.45, 7) is 2.66. The maximum atomic E-state index is 12.8. The number of hydrogen-bond donors (Lipinski definition) is 0. The zero-order valence-electron chi connectivity index (χ0n) is 13.5. The van der Waals surface area contributed by atoms with E-state index in [1.807, 2.05) is 17.0 Å². The van der Waals surface area contributed by atoms with Crippen molar-refractivity contribution in [3.05, 3.63) is 29.6 Å². The van der Waals surface area contributed by atoms with Crippen LogP contribution >= 0.6 is 0 Å². The number of aromatic nitrogens is 1. The van der Waals surface area contributed by atoms with Crippen LogP contribution in [0.2, 0.25) is 0 Å². The number of ether oxygens (including phenoxy) is 1. The Morgan fingerprint density at radius 2 is 2.22 bits per heavy atom. The molecule has 3 rings (SSSR count). The van der Waals surface area contributed by atoms with Crippen LogP contribution in [0.5, 0.6) is 0 Å². The fraction of sp³-hybridized carbons (Fsp3) is 0.588. The van der Waals surface area contributed by atoms with E-state index < -0.39 is 0 Å². The summed E-state index contributed by atoms with van der Waals surface area (Å²) < 4.78 is 4.91. The first-order valence-electron chi connectivity index (χ1n) is 8.17. The summed E-state index contributed by atoms with van der Waals surface area (Å²) in [6, 6.07) is 3.95. The van der Waals surface area contributed by atoms with E-state index in [1.165, 1.54) is 7.11 Å². The molecule has 2 aliphatic rings. The van der Waals surface area contributed by atoms with Gasteiger partial charge in [0.05, 0.1) is 5.92 Å². The number of rotatable bonds is 3. The van der Waals surface area contributed by atoms with Gasteiger partial charge in [-0.1, -0.05) is 6.07 Å². The van der Waals surface area contributed by atoms with Gasteiger partial charge in [0.15, 0.2) is 0 Å². The van der Waals surface area contributed by atoms with Gasteiger partial charge in [0.1, 0.15) is 6.61 Å². The number of pyridine rings is 1. The normalized spacial score (nSPS) is 21.0. The minimum absolute atomic E-state index is 0.0295. The van der Waals surface area contributed by atoms with Crippen LogP contribution in [0.25, 0.3) is 0 Å². The lowest BCUT2D eigenvalue weighted by atomic mass is 9.95. The number of amides is 2. The number of fused-ring (bicyclic) bond motifs is 1. The highest BCUT2D eigenvalue weighted by molar-refractivity contribution is 5.82. The molecule has 0 aromatic carbocycles. The van der Waals surface area contributed by atoms with Crippen molar-refractivity contribution in [2.75, 3.05) is 33.4 Å². The van der Waals surface area contributed by atoms with Crippen molar-refractivity contribution in [2.45, 2.75) is 25.8 Å². The fourth-order valence-electron chi connectivity index (χ4n) is 3.43. The molecule has 2 aliphatic heterocycles. The average molecular weight is 317 g/mol. The van der Waals surface area contributed by atoms with Gasteiger partial charge < -0.3 is 14.5 Å². The lowest BCUT2D eigenvalue weighted by Gasteiger charge is -2.36. The van der Waals surface area contributed by atoms with Gasteiger partial charge >= 0.3 is 0 Å². The highest BCUT2D eigenvalue weighted by Gasteiger charge is 2.32. The molecule has 23 heavy (non-hydrogen) atoms. The molecule has 6 nitrogen and oxygen atoms in total. The lowest BCUT2D eigenvalue weighted by Crippen LogP contribution is -2.48. The Morgan fingerprint density at radius 1 is 1.35 bits per heavy atom. The Kier molecular flexibility index (Phi) is 4.91. The van der Waals surface area contributed by atoms with E-state index in [-0.39, 0.29) is 24.3 Å². The Hall–Kier alpha value is -1.95. The Bertz CT molecular complexity index is 590. The standard InChI is InChI=1S/C17H23N3O3/c1-23-12-16(21)19-8-3-5-14(11-19)17(22)20-9-6-15-13(10-20)4-2-7-18-15/h2,4,7,14H,3,5-6,8-12H2,1H3/t14-/m0/s1. The molecule has 1 aromatic rings. The Labute approximate surface area is 136 Å². The van der Waals surface area contributed by atoms with Crippen LogP contribution in [0, 0.1) is 5.92 Å². The molecule has 0 spiro atoms. The van der Waals surface area contributed by atoms with Gasteiger partial charge in [-0.25, -0.2) is 0 Å². The smallest absolute Gasteiger partial charge is 0.248 e. The van der Waals surface area contributed by atoms with Crippen LogP contribution in [-0.2, 0) is 27.3 Å². The van der Waals surface area contributed by atoms with Crippen molar-refractivity contribution in [1.29, 1.82) is 0 Å². The monoisotopic (exact) mass is 317 g/mol. The molecular weight excluding hydrogens is 294 g/mol. The Balaban J connectivity index is 1.63. The quantitative estimate of drug-likeness (QED) is 0.829. The summed E-state index contributed by atoms with van der Waals surface area (Å²) in [6.07, 6.45) is 4.33. The summed E-state index contributed by atoms with van der Waals surface area (Å²) in [4.78, 5) is 32.9. The van der Waals surface area contributed by atoms with E-state index >= 15 is 0 Å². The maximum Gasteiger partial charge on any atom is 0.248 e. The number of carbonyl (C=O) groups excluding carboxylic acids is 2. The third-order valence-corrected chi connectivity index (χ3v) is 4.67. The van der Waals surface area contributed by atoms with Gasteiger partial charge in [-0.2, -0.15) is 0 Å². The number of piperidine rings is 1. The second-order valence-electron chi connectivity index (χ2n) is 6.23. The zero-order valence-corrected chi connectivity index (χ0v) is 13.5. The van der Waals surface area contributed by atoms with Crippen LogP contribution < -0.4 is 0 Å². The summed E-state index contributed by atoms with van der Waals surface area (Å²) >= 11 is 0. The number of likely N-dealkylation sites (tertiary alicyclic amines) is 1. The number of hydrogen-bond acceptors (Lipinski definition) is 4. The van der Waals surface area contributed by atoms with Crippen LogP contribution in [0.4, 0.5) is 0 Å². The predicted molar refractivity (Wildman–Crippen MR) is 84.5 cm³/mol. The molecule has 1 atom stereocenters. The molecule has 0 radical (unpaired) electrons. The first-order chi connectivity index (χ1) is 11.2. The second kappa shape index (κ2) is 7.08. The van der Waals surface area contributed by atoms with Crippen molar-refractivity contribution in [1.82, 2.24) is 14.8 Å². The molecule has 0 saturated carbocycles. The maximum absolute atomic E-state index is 12.8. The molecule has 1 saturated heterocycles. The molecule has 124 valence electrons. The van der Waals surface area contributed by atoms with Gasteiger partial charge in [0, 0.05) is 51.6 Å². The molecule has 1 aromatic heterocycles. The molecule has 0 aliphatic carbocycles. The topological polar surface area (TPSA) is 62.7 Å². The number of nitrogens with zero attached hydrogens (tertiary/aromatic N) is 3. The second-order valence-corrected chi connectivity index (χ2v) is 6.23. The van der Waals surface area contributed by atoms with Crippen molar-refractivity contribution in [2.24, 2.45) is 5.92 Å². The van der Waals surface area contributed by atoms with E-state index in [0.717, 1.165) is 37.1 Å². The van der Waals surface area contributed by atoms with Gasteiger partial charge in [0.2, 0.25) is 11.8 Å². The molecule has 0 unspecified atom stereocenters. The molecule has 0 bridgehead atoms. The van der Waals surface area contributed by atoms with Crippen LogP contribution in [0.1, 0.15) is 24.1 Å². The summed E-state index contributed by atoms with van der Waals surface area (Å²) in [5.41, 5.74) is 2.23. The predicted octanol–water partition coefficient (Wildman–Crippen LogP) is 0.851. The molecule has 6 heteroatoms.